The van der Waals surface area contributed by atoms with Gasteiger partial charge in [-0.25, -0.2) is 8.42 Å². The van der Waals surface area contributed by atoms with Gasteiger partial charge in [0.05, 0.1) is 11.8 Å². The third-order valence-electron chi connectivity index (χ3n) is 1.97. The molecule has 0 rings (SSSR count). The second-order valence-electron chi connectivity index (χ2n) is 4.79. The summed E-state index contributed by atoms with van der Waals surface area (Å²) >= 11 is 0. The molecule has 1 amide bonds. The first kappa shape index (κ1) is 14.4. The van der Waals surface area contributed by atoms with E-state index in [2.05, 4.69) is 5.32 Å². The molecule has 5 nitrogen and oxygen atoms in total. The van der Waals surface area contributed by atoms with Gasteiger partial charge in [0.15, 0.2) is 0 Å². The van der Waals surface area contributed by atoms with Gasteiger partial charge in [-0.15, -0.1) is 0 Å². The molecule has 90 valence electrons. The summed E-state index contributed by atoms with van der Waals surface area (Å²) < 4.78 is 21.8. The van der Waals surface area contributed by atoms with Crippen molar-refractivity contribution in [3.05, 3.63) is 0 Å². The smallest absolute Gasteiger partial charge is 0.235 e. The lowest BCUT2D eigenvalue weighted by molar-refractivity contribution is -0.122. The Hall–Kier alpha value is -0.620. The van der Waals surface area contributed by atoms with Crippen molar-refractivity contribution in [2.75, 3.05) is 18.6 Å². The lowest BCUT2D eigenvalue weighted by atomic mass is 9.86. The maximum Gasteiger partial charge on any atom is 0.235 e. The molecule has 0 unspecified atom stereocenters. The van der Waals surface area contributed by atoms with Gasteiger partial charge in [-0.05, 0) is 5.41 Å². The Bertz CT molecular complexity index is 317. The van der Waals surface area contributed by atoms with Gasteiger partial charge >= 0.3 is 0 Å². The first-order valence-corrected chi connectivity index (χ1v) is 6.80. The van der Waals surface area contributed by atoms with Crippen LogP contribution in [0.15, 0.2) is 0 Å². The van der Waals surface area contributed by atoms with Gasteiger partial charge in [0, 0.05) is 12.8 Å². The zero-order valence-electron chi connectivity index (χ0n) is 9.70. The zero-order valence-corrected chi connectivity index (χ0v) is 10.5. The Balaban J connectivity index is 4.29. The summed E-state index contributed by atoms with van der Waals surface area (Å²) in [5.74, 6) is -0.455. The maximum atomic E-state index is 11.1. The van der Waals surface area contributed by atoms with Gasteiger partial charge in [-0.2, -0.15) is 0 Å². The standard InChI is InChI=1S/C9H20N2O3S/c1-9(2,3)7(8(10)12)11-5-6-15(4,13)14/h7,11H,5-6H2,1-4H3,(H2,10,12)/t7-/m1/s1. The molecule has 0 aliphatic rings. The number of primary amides is 1. The molecule has 0 bridgehead atoms. The molecule has 0 aromatic rings. The van der Waals surface area contributed by atoms with Crippen molar-refractivity contribution in [1.82, 2.24) is 5.32 Å². The Labute approximate surface area is 91.3 Å². The number of sulfone groups is 1. The summed E-state index contributed by atoms with van der Waals surface area (Å²) in [6, 6.07) is -0.515. The van der Waals surface area contributed by atoms with E-state index in [-0.39, 0.29) is 17.7 Å². The Morgan fingerprint density at radius 3 is 2.13 bits per heavy atom. The fraction of sp³-hybridized carbons (Fsp3) is 0.889. The van der Waals surface area contributed by atoms with Crippen molar-refractivity contribution < 1.29 is 13.2 Å². The Morgan fingerprint density at radius 1 is 1.40 bits per heavy atom. The van der Waals surface area contributed by atoms with Crippen LogP contribution in [0, 0.1) is 5.41 Å². The van der Waals surface area contributed by atoms with E-state index in [0.717, 1.165) is 6.26 Å². The normalized spacial score (nSPS) is 14.9. The molecule has 3 N–H and O–H groups in total. The van der Waals surface area contributed by atoms with Crippen LogP contribution in [0.2, 0.25) is 0 Å². The highest BCUT2D eigenvalue weighted by Gasteiger charge is 2.28. The summed E-state index contributed by atoms with van der Waals surface area (Å²) in [6.45, 7) is 5.85. The molecule has 0 fully saturated rings. The first-order valence-electron chi connectivity index (χ1n) is 4.74. The molecule has 0 heterocycles. The molecule has 0 radical (unpaired) electrons. The van der Waals surface area contributed by atoms with Crippen molar-refractivity contribution in [2.24, 2.45) is 11.1 Å². The lowest BCUT2D eigenvalue weighted by Crippen LogP contribution is -2.50. The minimum absolute atomic E-state index is 0.00681. The van der Waals surface area contributed by atoms with E-state index in [1.165, 1.54) is 0 Å². The third-order valence-corrected chi connectivity index (χ3v) is 2.92. The first-order chi connectivity index (χ1) is 6.54. The molecule has 0 spiro atoms. The van der Waals surface area contributed by atoms with E-state index in [9.17, 15) is 13.2 Å². The third kappa shape index (κ3) is 6.46. The number of carbonyl (C=O) groups excluding carboxylic acids is 1. The monoisotopic (exact) mass is 236 g/mol. The number of hydrogen-bond acceptors (Lipinski definition) is 4. The van der Waals surface area contributed by atoms with Crippen LogP contribution in [-0.2, 0) is 14.6 Å². The average Bonchev–Trinajstić information content (AvgIpc) is 1.92. The predicted molar refractivity (Wildman–Crippen MR) is 60.2 cm³/mol. The Kier molecular flexibility index (Phi) is 4.73. The second kappa shape index (κ2) is 4.94. The van der Waals surface area contributed by atoms with Crippen molar-refractivity contribution in [3.8, 4) is 0 Å². The van der Waals surface area contributed by atoms with Crippen LogP contribution in [-0.4, -0.2) is 38.9 Å². The highest BCUT2D eigenvalue weighted by atomic mass is 32.2. The van der Waals surface area contributed by atoms with Crippen LogP contribution in [0.5, 0.6) is 0 Å². The Morgan fingerprint density at radius 2 is 1.87 bits per heavy atom. The molecule has 15 heavy (non-hydrogen) atoms. The molecule has 1 atom stereocenters. The molecule has 0 aliphatic carbocycles. The summed E-state index contributed by atoms with van der Waals surface area (Å²) in [6.07, 6.45) is 1.16. The molecule has 0 aromatic carbocycles. The molecular weight excluding hydrogens is 216 g/mol. The van der Waals surface area contributed by atoms with Crippen molar-refractivity contribution in [2.45, 2.75) is 26.8 Å². The SMILES string of the molecule is CC(C)(C)[C@H](NCCS(C)(=O)=O)C(N)=O. The van der Waals surface area contributed by atoms with Crippen molar-refractivity contribution in [1.29, 1.82) is 0 Å². The van der Waals surface area contributed by atoms with Gasteiger partial charge in [0.1, 0.15) is 9.84 Å². The second-order valence-corrected chi connectivity index (χ2v) is 7.05. The van der Waals surface area contributed by atoms with Crippen LogP contribution < -0.4 is 11.1 Å². The van der Waals surface area contributed by atoms with E-state index in [0.29, 0.717) is 0 Å². The van der Waals surface area contributed by atoms with Crippen molar-refractivity contribution >= 4 is 15.7 Å². The fourth-order valence-corrected chi connectivity index (χ4v) is 1.71. The van der Waals surface area contributed by atoms with Crippen molar-refractivity contribution in [3.63, 3.8) is 0 Å². The van der Waals surface area contributed by atoms with Crippen LogP contribution in [0.1, 0.15) is 20.8 Å². The van der Waals surface area contributed by atoms with E-state index in [1.807, 2.05) is 20.8 Å². The summed E-state index contributed by atoms with van der Waals surface area (Å²) in [5, 5.41) is 2.86. The number of rotatable bonds is 5. The highest BCUT2D eigenvalue weighted by Crippen LogP contribution is 2.18. The number of hydrogen-bond donors (Lipinski definition) is 2. The fourth-order valence-electron chi connectivity index (χ4n) is 1.22. The number of carbonyl (C=O) groups is 1. The van der Waals surface area contributed by atoms with Crippen LogP contribution in [0.4, 0.5) is 0 Å². The minimum Gasteiger partial charge on any atom is -0.368 e. The molecule has 0 aromatic heterocycles. The van der Waals surface area contributed by atoms with E-state index in [4.69, 9.17) is 5.73 Å². The number of nitrogens with two attached hydrogens (primary N) is 1. The van der Waals surface area contributed by atoms with Gasteiger partial charge in [0.2, 0.25) is 5.91 Å². The van der Waals surface area contributed by atoms with Gasteiger partial charge in [-0.1, -0.05) is 20.8 Å². The topological polar surface area (TPSA) is 89.3 Å². The molecular formula is C9H20N2O3S. The van der Waals surface area contributed by atoms with E-state index >= 15 is 0 Å². The molecule has 0 saturated carbocycles. The van der Waals surface area contributed by atoms with E-state index < -0.39 is 21.8 Å². The minimum atomic E-state index is -3.01. The summed E-state index contributed by atoms with van der Waals surface area (Å²) in [7, 11) is -3.01. The van der Waals surface area contributed by atoms with Gasteiger partial charge < -0.3 is 11.1 Å². The summed E-state index contributed by atoms with van der Waals surface area (Å²) in [5.41, 5.74) is 4.91. The highest BCUT2D eigenvalue weighted by molar-refractivity contribution is 7.90. The molecule has 6 heteroatoms. The zero-order chi connectivity index (χ0) is 12.3. The van der Waals surface area contributed by atoms with Gasteiger partial charge in [0.25, 0.3) is 0 Å². The number of amides is 1. The summed E-state index contributed by atoms with van der Waals surface area (Å²) in [4.78, 5) is 11.1. The van der Waals surface area contributed by atoms with Crippen LogP contribution in [0.3, 0.4) is 0 Å². The largest absolute Gasteiger partial charge is 0.368 e. The van der Waals surface area contributed by atoms with E-state index in [1.54, 1.807) is 0 Å². The van der Waals surface area contributed by atoms with Gasteiger partial charge in [-0.3, -0.25) is 4.79 Å². The predicted octanol–water partition coefficient (Wildman–Crippen LogP) is -0.479. The molecule has 0 saturated heterocycles. The quantitative estimate of drug-likeness (QED) is 0.675. The lowest BCUT2D eigenvalue weighted by Gasteiger charge is -2.28. The van der Waals surface area contributed by atoms with Crippen LogP contribution >= 0.6 is 0 Å². The van der Waals surface area contributed by atoms with Crippen LogP contribution in [0.25, 0.3) is 0 Å². The number of nitrogens with one attached hydrogen (secondary N) is 1. The maximum absolute atomic E-state index is 11.1. The average molecular weight is 236 g/mol. The molecule has 0 aliphatic heterocycles.